The van der Waals surface area contributed by atoms with Gasteiger partial charge in [-0.05, 0) is 50.6 Å². The zero-order chi connectivity index (χ0) is 14.5. The summed E-state index contributed by atoms with van der Waals surface area (Å²) in [5.74, 6) is -0.347. The number of nitrogens with one attached hydrogen (secondary N) is 2. The molecule has 1 atom stereocenters. The molecule has 108 valence electrons. The van der Waals surface area contributed by atoms with Crippen LogP contribution in [0.3, 0.4) is 0 Å². The van der Waals surface area contributed by atoms with Gasteiger partial charge in [-0.15, -0.1) is 0 Å². The molecule has 0 saturated heterocycles. The molecule has 0 bridgehead atoms. The van der Waals surface area contributed by atoms with E-state index in [4.69, 9.17) is 0 Å². The van der Waals surface area contributed by atoms with E-state index in [-0.39, 0.29) is 5.82 Å². The van der Waals surface area contributed by atoms with Crippen LogP contribution in [0, 0.1) is 12.7 Å². The highest BCUT2D eigenvalue weighted by Gasteiger charge is 2.20. The molecule has 0 radical (unpaired) electrons. The van der Waals surface area contributed by atoms with Gasteiger partial charge in [0.2, 0.25) is 10.0 Å². The van der Waals surface area contributed by atoms with Crippen molar-refractivity contribution in [1.29, 1.82) is 0 Å². The van der Waals surface area contributed by atoms with Crippen molar-refractivity contribution in [1.82, 2.24) is 5.32 Å². The Morgan fingerprint density at radius 1 is 1.37 bits per heavy atom. The summed E-state index contributed by atoms with van der Waals surface area (Å²) in [6.45, 7) is 6.44. The predicted octanol–water partition coefficient (Wildman–Crippen LogP) is 2.26. The summed E-state index contributed by atoms with van der Waals surface area (Å²) in [6, 6.07) is 4.17. The molecule has 0 aliphatic rings. The minimum atomic E-state index is -3.46. The molecule has 0 heterocycles. The first-order chi connectivity index (χ1) is 8.86. The van der Waals surface area contributed by atoms with Gasteiger partial charge in [-0.25, -0.2) is 12.8 Å². The quantitative estimate of drug-likeness (QED) is 0.757. The van der Waals surface area contributed by atoms with Gasteiger partial charge in [-0.2, -0.15) is 0 Å². The van der Waals surface area contributed by atoms with E-state index in [9.17, 15) is 12.8 Å². The average Bonchev–Trinajstić information content (AvgIpc) is 2.33. The third-order valence-electron chi connectivity index (χ3n) is 2.81. The van der Waals surface area contributed by atoms with Crippen LogP contribution in [0.1, 0.15) is 25.8 Å². The smallest absolute Gasteiger partial charge is 0.236 e. The molecular formula is C13H21FN2O2S. The van der Waals surface area contributed by atoms with E-state index in [0.29, 0.717) is 17.8 Å². The fraction of sp³-hybridized carbons (Fsp3) is 0.538. The number of benzene rings is 1. The van der Waals surface area contributed by atoms with Crippen LogP contribution in [-0.4, -0.2) is 26.8 Å². The lowest BCUT2D eigenvalue weighted by atomic mass is 10.2. The average molecular weight is 288 g/mol. The van der Waals surface area contributed by atoms with E-state index >= 15 is 0 Å². The van der Waals surface area contributed by atoms with E-state index in [0.717, 1.165) is 13.0 Å². The third-order valence-corrected chi connectivity index (χ3v) is 4.55. The Bertz CT molecular complexity index is 517. The van der Waals surface area contributed by atoms with Crippen LogP contribution in [0.15, 0.2) is 18.2 Å². The highest BCUT2D eigenvalue weighted by Crippen LogP contribution is 2.16. The summed E-state index contributed by atoms with van der Waals surface area (Å²) in [6.07, 6.45) is 0.956. The molecule has 0 fully saturated rings. The number of hydrogen-bond acceptors (Lipinski definition) is 3. The van der Waals surface area contributed by atoms with Crippen LogP contribution in [0.5, 0.6) is 0 Å². The van der Waals surface area contributed by atoms with Gasteiger partial charge >= 0.3 is 0 Å². The number of sulfonamides is 1. The zero-order valence-corrected chi connectivity index (χ0v) is 12.3. The number of halogens is 1. The van der Waals surface area contributed by atoms with E-state index in [1.165, 1.54) is 18.2 Å². The van der Waals surface area contributed by atoms with Crippen molar-refractivity contribution >= 4 is 15.7 Å². The van der Waals surface area contributed by atoms with E-state index in [1.54, 1.807) is 13.8 Å². The van der Waals surface area contributed by atoms with E-state index < -0.39 is 15.3 Å². The number of aryl methyl sites for hydroxylation is 1. The van der Waals surface area contributed by atoms with Crippen LogP contribution in [0.2, 0.25) is 0 Å². The molecule has 6 heteroatoms. The minimum Gasteiger partial charge on any atom is -0.315 e. The Kier molecular flexibility index (Phi) is 5.75. The molecular weight excluding hydrogens is 267 g/mol. The molecule has 0 saturated carbocycles. The molecule has 2 N–H and O–H groups in total. The van der Waals surface area contributed by atoms with E-state index in [2.05, 4.69) is 10.0 Å². The molecule has 0 aliphatic heterocycles. The molecule has 4 nitrogen and oxygen atoms in total. The highest BCUT2D eigenvalue weighted by atomic mass is 32.2. The monoisotopic (exact) mass is 288 g/mol. The van der Waals surface area contributed by atoms with Crippen molar-refractivity contribution in [3.05, 3.63) is 29.6 Å². The van der Waals surface area contributed by atoms with Gasteiger partial charge in [0.15, 0.2) is 0 Å². The second kappa shape index (κ2) is 6.86. The van der Waals surface area contributed by atoms with Gasteiger partial charge in [0.1, 0.15) is 5.82 Å². The van der Waals surface area contributed by atoms with Crippen LogP contribution in [0.25, 0.3) is 0 Å². The summed E-state index contributed by atoms with van der Waals surface area (Å²) in [5.41, 5.74) is 0.804. The van der Waals surface area contributed by atoms with Gasteiger partial charge in [0.25, 0.3) is 0 Å². The summed E-state index contributed by atoms with van der Waals surface area (Å²) in [5, 5.41) is 2.52. The van der Waals surface area contributed by atoms with Crippen molar-refractivity contribution in [2.45, 2.75) is 32.4 Å². The maximum atomic E-state index is 13.1. The molecule has 1 aromatic carbocycles. The lowest BCUT2D eigenvalue weighted by molar-refractivity contribution is 0.575. The number of anilines is 1. The molecule has 0 amide bonds. The lowest BCUT2D eigenvalue weighted by Gasteiger charge is -2.15. The Morgan fingerprint density at radius 2 is 2.05 bits per heavy atom. The van der Waals surface area contributed by atoms with Crippen LogP contribution in [-0.2, 0) is 10.0 Å². The fourth-order valence-corrected chi connectivity index (χ4v) is 2.56. The second-order valence-electron chi connectivity index (χ2n) is 4.63. The molecule has 1 aromatic rings. The van der Waals surface area contributed by atoms with Crippen LogP contribution >= 0.6 is 0 Å². The molecule has 0 aliphatic carbocycles. The number of hydrogen-bond donors (Lipinski definition) is 2. The summed E-state index contributed by atoms with van der Waals surface area (Å²) in [4.78, 5) is 0. The van der Waals surface area contributed by atoms with Gasteiger partial charge in [0.05, 0.1) is 5.25 Å². The van der Waals surface area contributed by atoms with Gasteiger partial charge in [-0.3, -0.25) is 4.72 Å². The third kappa shape index (κ3) is 4.80. The standard InChI is InChI=1S/C13H21FN2O2S/c1-4-7-15-9-11(3)19(17,18)16-12-5-6-13(14)10(2)8-12/h5-6,8,11,15-16H,4,7,9H2,1-3H3. The Balaban J connectivity index is 2.70. The predicted molar refractivity (Wildman–Crippen MR) is 76.3 cm³/mol. The first-order valence-electron chi connectivity index (χ1n) is 6.35. The Morgan fingerprint density at radius 3 is 2.63 bits per heavy atom. The lowest BCUT2D eigenvalue weighted by Crippen LogP contribution is -2.35. The van der Waals surface area contributed by atoms with Crippen LogP contribution in [0.4, 0.5) is 10.1 Å². The molecule has 1 rings (SSSR count). The van der Waals surface area contributed by atoms with Crippen molar-refractivity contribution in [3.8, 4) is 0 Å². The minimum absolute atomic E-state index is 0.347. The molecule has 1 unspecified atom stereocenters. The first-order valence-corrected chi connectivity index (χ1v) is 7.90. The fourth-order valence-electron chi connectivity index (χ4n) is 1.56. The highest BCUT2D eigenvalue weighted by molar-refractivity contribution is 7.93. The van der Waals surface area contributed by atoms with Crippen LogP contribution < -0.4 is 10.0 Å². The first kappa shape index (κ1) is 15.9. The normalized spacial score (nSPS) is 13.3. The maximum absolute atomic E-state index is 13.1. The topological polar surface area (TPSA) is 58.2 Å². The Labute approximate surface area is 114 Å². The maximum Gasteiger partial charge on any atom is 0.236 e. The molecule has 0 aromatic heterocycles. The summed E-state index contributed by atoms with van der Waals surface area (Å²) >= 11 is 0. The van der Waals surface area contributed by atoms with E-state index in [1.807, 2.05) is 6.92 Å². The zero-order valence-electron chi connectivity index (χ0n) is 11.5. The van der Waals surface area contributed by atoms with Gasteiger partial charge < -0.3 is 5.32 Å². The SMILES string of the molecule is CCCNCC(C)S(=O)(=O)Nc1ccc(F)c(C)c1. The summed E-state index contributed by atoms with van der Waals surface area (Å²) < 4.78 is 39.7. The molecule has 0 spiro atoms. The summed E-state index contributed by atoms with van der Waals surface area (Å²) in [7, 11) is -3.46. The number of rotatable bonds is 7. The second-order valence-corrected chi connectivity index (χ2v) is 6.72. The van der Waals surface area contributed by atoms with Gasteiger partial charge in [-0.1, -0.05) is 6.92 Å². The van der Waals surface area contributed by atoms with Crippen molar-refractivity contribution in [2.24, 2.45) is 0 Å². The van der Waals surface area contributed by atoms with Crippen molar-refractivity contribution in [3.63, 3.8) is 0 Å². The van der Waals surface area contributed by atoms with Crippen molar-refractivity contribution < 1.29 is 12.8 Å². The molecule has 19 heavy (non-hydrogen) atoms. The largest absolute Gasteiger partial charge is 0.315 e. The van der Waals surface area contributed by atoms with Crippen molar-refractivity contribution in [2.75, 3.05) is 17.8 Å². The van der Waals surface area contributed by atoms with Gasteiger partial charge in [0, 0.05) is 12.2 Å². The Hall–Kier alpha value is -1.14.